The van der Waals surface area contributed by atoms with Crippen LogP contribution < -0.4 is 0 Å². The van der Waals surface area contributed by atoms with E-state index in [0.717, 1.165) is 30.4 Å². The first kappa shape index (κ1) is 14.1. The fourth-order valence-electron chi connectivity index (χ4n) is 3.08. The summed E-state index contributed by atoms with van der Waals surface area (Å²) in [4.78, 5) is 25.6. The highest BCUT2D eigenvalue weighted by Gasteiger charge is 2.47. The molecule has 0 spiro atoms. The van der Waals surface area contributed by atoms with Crippen molar-refractivity contribution in [1.82, 2.24) is 4.90 Å². The van der Waals surface area contributed by atoms with Crippen LogP contribution in [0.4, 0.5) is 0 Å². The number of carbonyl (C=O) groups excluding carboxylic acids is 1. The van der Waals surface area contributed by atoms with Crippen LogP contribution in [0.25, 0.3) is 0 Å². The second-order valence-corrected chi connectivity index (χ2v) is 5.60. The molecule has 3 rings (SSSR count). The Balaban J connectivity index is 2.06. The van der Waals surface area contributed by atoms with Gasteiger partial charge in [0.05, 0.1) is 6.04 Å². The minimum absolute atomic E-state index is 0.106. The number of ether oxygens (including phenoxy) is 1. The summed E-state index contributed by atoms with van der Waals surface area (Å²) in [6.45, 7) is 1.89. The first-order chi connectivity index (χ1) is 10.1. The van der Waals surface area contributed by atoms with Gasteiger partial charge in [0.25, 0.3) is 0 Å². The third-order valence-electron chi connectivity index (χ3n) is 4.20. The van der Waals surface area contributed by atoms with Crippen LogP contribution in [0.15, 0.2) is 24.3 Å². The van der Waals surface area contributed by atoms with Crippen LogP contribution in [0.1, 0.15) is 36.9 Å². The molecule has 2 aliphatic rings. The molecule has 1 heterocycles. The summed E-state index contributed by atoms with van der Waals surface area (Å²) in [5, 5.41) is 9.48. The molecule has 5 heteroatoms. The van der Waals surface area contributed by atoms with Crippen LogP contribution in [0.5, 0.6) is 0 Å². The number of hydrogen-bond donors (Lipinski definition) is 1. The average molecular weight is 289 g/mol. The number of rotatable bonds is 4. The Hall–Kier alpha value is -1.88. The number of nitrogens with zero attached hydrogens (tertiary/aromatic N) is 1. The van der Waals surface area contributed by atoms with Gasteiger partial charge in [-0.3, -0.25) is 4.79 Å². The van der Waals surface area contributed by atoms with E-state index in [1.165, 1.54) is 0 Å². The van der Waals surface area contributed by atoms with Gasteiger partial charge in [-0.25, -0.2) is 4.79 Å². The van der Waals surface area contributed by atoms with Gasteiger partial charge in [0, 0.05) is 6.04 Å². The van der Waals surface area contributed by atoms with E-state index in [1.54, 1.807) is 4.90 Å². The van der Waals surface area contributed by atoms with Gasteiger partial charge in [-0.05, 0) is 30.4 Å². The zero-order valence-corrected chi connectivity index (χ0v) is 12.0. The van der Waals surface area contributed by atoms with Crippen molar-refractivity contribution >= 4 is 11.9 Å². The molecule has 2 atom stereocenters. The molecule has 21 heavy (non-hydrogen) atoms. The molecule has 1 aliphatic heterocycles. The van der Waals surface area contributed by atoms with E-state index in [0.29, 0.717) is 0 Å². The number of carbonyl (C=O) groups is 2. The van der Waals surface area contributed by atoms with E-state index < -0.39 is 18.1 Å². The van der Waals surface area contributed by atoms with E-state index in [-0.39, 0.29) is 18.6 Å². The van der Waals surface area contributed by atoms with Crippen LogP contribution >= 0.6 is 0 Å². The molecular formula is C16H19NO4. The topological polar surface area (TPSA) is 66.8 Å². The lowest BCUT2D eigenvalue weighted by Gasteiger charge is -2.40. The van der Waals surface area contributed by atoms with E-state index >= 15 is 0 Å². The smallest absolute Gasteiger partial charge is 0.335 e. The minimum Gasteiger partial charge on any atom is -0.479 e. The van der Waals surface area contributed by atoms with Gasteiger partial charge >= 0.3 is 5.97 Å². The van der Waals surface area contributed by atoms with Crippen molar-refractivity contribution < 1.29 is 19.4 Å². The molecule has 0 radical (unpaired) electrons. The molecule has 1 saturated carbocycles. The third kappa shape index (κ3) is 2.53. The summed E-state index contributed by atoms with van der Waals surface area (Å²) in [5.74, 6) is -1.12. The zero-order valence-electron chi connectivity index (χ0n) is 12.0. The first-order valence-electron chi connectivity index (χ1n) is 7.36. The quantitative estimate of drug-likeness (QED) is 0.917. The second-order valence-electron chi connectivity index (χ2n) is 5.60. The summed E-state index contributed by atoms with van der Waals surface area (Å²) >= 11 is 0. The third-order valence-corrected chi connectivity index (χ3v) is 4.20. The van der Waals surface area contributed by atoms with Crippen molar-refractivity contribution in [2.24, 2.45) is 0 Å². The maximum atomic E-state index is 12.2. The Kier molecular flexibility index (Phi) is 3.68. The Morgan fingerprint density at radius 3 is 2.71 bits per heavy atom. The summed E-state index contributed by atoms with van der Waals surface area (Å²) in [6.07, 6.45) is 1.70. The highest BCUT2D eigenvalue weighted by Crippen LogP contribution is 2.40. The first-order valence-corrected chi connectivity index (χ1v) is 7.36. The molecule has 1 amide bonds. The van der Waals surface area contributed by atoms with Crippen LogP contribution in [0.3, 0.4) is 0 Å². The lowest BCUT2D eigenvalue weighted by molar-refractivity contribution is -0.174. The molecule has 1 aromatic carbocycles. The summed E-state index contributed by atoms with van der Waals surface area (Å²) < 4.78 is 5.34. The van der Waals surface area contributed by atoms with Gasteiger partial charge in [0.2, 0.25) is 5.91 Å². The number of amides is 1. The van der Waals surface area contributed by atoms with Crippen molar-refractivity contribution in [3.05, 3.63) is 35.4 Å². The van der Waals surface area contributed by atoms with Crippen molar-refractivity contribution in [1.29, 1.82) is 0 Å². The zero-order chi connectivity index (χ0) is 15.0. The van der Waals surface area contributed by atoms with Crippen molar-refractivity contribution in [3.63, 3.8) is 0 Å². The SMILES string of the molecule is CCc1ccccc1C1C(C(=O)O)OCC(=O)N1C1CC1. The normalized spacial score (nSPS) is 26.0. The van der Waals surface area contributed by atoms with Crippen LogP contribution in [-0.4, -0.2) is 40.6 Å². The van der Waals surface area contributed by atoms with Crippen molar-refractivity contribution in [3.8, 4) is 0 Å². The Labute approximate surface area is 123 Å². The molecule has 0 bridgehead atoms. The lowest BCUT2D eigenvalue weighted by Crippen LogP contribution is -2.52. The minimum atomic E-state index is -1.01. The molecule has 112 valence electrons. The van der Waals surface area contributed by atoms with Crippen LogP contribution in [0, 0.1) is 0 Å². The molecular weight excluding hydrogens is 270 g/mol. The van der Waals surface area contributed by atoms with Gasteiger partial charge < -0.3 is 14.7 Å². The number of carboxylic acid groups (broad SMARTS) is 1. The van der Waals surface area contributed by atoms with Gasteiger partial charge in [0.1, 0.15) is 6.61 Å². The number of hydrogen-bond acceptors (Lipinski definition) is 3. The largest absolute Gasteiger partial charge is 0.479 e. The maximum absolute atomic E-state index is 12.2. The maximum Gasteiger partial charge on any atom is 0.335 e. The van der Waals surface area contributed by atoms with E-state index in [1.807, 2.05) is 31.2 Å². The molecule has 1 aromatic rings. The van der Waals surface area contributed by atoms with E-state index in [4.69, 9.17) is 4.74 Å². The van der Waals surface area contributed by atoms with Gasteiger partial charge in [-0.1, -0.05) is 31.2 Å². The molecule has 1 aliphatic carbocycles. The molecule has 0 aromatic heterocycles. The molecule has 1 N–H and O–H groups in total. The van der Waals surface area contributed by atoms with Gasteiger partial charge in [-0.15, -0.1) is 0 Å². The number of benzene rings is 1. The predicted octanol–water partition coefficient (Wildman–Crippen LogP) is 1.76. The average Bonchev–Trinajstić information content (AvgIpc) is 3.31. The van der Waals surface area contributed by atoms with E-state index in [9.17, 15) is 14.7 Å². The highest BCUT2D eigenvalue weighted by atomic mass is 16.5. The fraction of sp³-hybridized carbons (Fsp3) is 0.500. The standard InChI is InChI=1S/C16H19NO4/c1-2-10-5-3-4-6-12(10)14-15(16(19)20)21-9-13(18)17(14)11-7-8-11/h3-6,11,14-15H,2,7-9H2,1H3,(H,19,20). The van der Waals surface area contributed by atoms with Crippen LogP contribution in [0.2, 0.25) is 0 Å². The molecule has 5 nitrogen and oxygen atoms in total. The number of aliphatic carboxylic acids is 1. The summed E-state index contributed by atoms with van der Waals surface area (Å²) in [5.41, 5.74) is 1.96. The highest BCUT2D eigenvalue weighted by molar-refractivity contribution is 5.83. The fourth-order valence-corrected chi connectivity index (χ4v) is 3.08. The van der Waals surface area contributed by atoms with E-state index in [2.05, 4.69) is 0 Å². The van der Waals surface area contributed by atoms with Crippen molar-refractivity contribution in [2.75, 3.05) is 6.61 Å². The second kappa shape index (κ2) is 5.48. The molecule has 2 unspecified atom stereocenters. The number of morpholine rings is 1. The summed E-state index contributed by atoms with van der Waals surface area (Å²) in [6, 6.07) is 7.36. The van der Waals surface area contributed by atoms with Crippen molar-refractivity contribution in [2.45, 2.75) is 44.4 Å². The number of aryl methyl sites for hydroxylation is 1. The van der Waals surface area contributed by atoms with Crippen LogP contribution in [-0.2, 0) is 20.7 Å². The number of carboxylic acids is 1. The molecule has 1 saturated heterocycles. The summed E-state index contributed by atoms with van der Waals surface area (Å²) in [7, 11) is 0. The Morgan fingerprint density at radius 1 is 1.38 bits per heavy atom. The Bertz CT molecular complexity index is 567. The lowest BCUT2D eigenvalue weighted by atomic mass is 9.92. The molecule has 2 fully saturated rings. The monoisotopic (exact) mass is 289 g/mol. The van der Waals surface area contributed by atoms with Gasteiger partial charge in [-0.2, -0.15) is 0 Å². The van der Waals surface area contributed by atoms with Gasteiger partial charge in [0.15, 0.2) is 6.10 Å². The predicted molar refractivity (Wildman–Crippen MR) is 75.8 cm³/mol. The Morgan fingerprint density at radius 2 is 2.10 bits per heavy atom.